The summed E-state index contributed by atoms with van der Waals surface area (Å²) in [6.07, 6.45) is 5.01. The highest BCUT2D eigenvalue weighted by atomic mass is 16.3. The zero-order valence-corrected chi connectivity index (χ0v) is 13.3. The molecule has 4 heteroatoms. The molecule has 116 valence electrons. The molecular weight excluding hydrogens is 286 g/mol. The van der Waals surface area contributed by atoms with E-state index in [-0.39, 0.29) is 0 Å². The fourth-order valence-corrected chi connectivity index (χ4v) is 2.29. The average molecular weight is 305 g/mol. The second kappa shape index (κ2) is 7.03. The smallest absolute Gasteiger partial charge is 0.181 e. The Labute approximate surface area is 136 Å². The van der Waals surface area contributed by atoms with Gasteiger partial charge >= 0.3 is 0 Å². The predicted molar refractivity (Wildman–Crippen MR) is 93.0 cm³/mol. The molecule has 0 amide bonds. The molecule has 1 heterocycles. The molecule has 23 heavy (non-hydrogen) atoms. The predicted octanol–water partition coefficient (Wildman–Crippen LogP) is 4.15. The number of oxazole rings is 1. The van der Waals surface area contributed by atoms with Gasteiger partial charge in [0.2, 0.25) is 0 Å². The van der Waals surface area contributed by atoms with Crippen LogP contribution in [-0.4, -0.2) is 30.2 Å². The van der Waals surface area contributed by atoms with Crippen LogP contribution in [0.3, 0.4) is 0 Å². The van der Waals surface area contributed by atoms with Crippen molar-refractivity contribution in [3.05, 3.63) is 72.2 Å². The molecule has 2 aromatic carbocycles. The van der Waals surface area contributed by atoms with Crippen molar-refractivity contribution in [1.29, 1.82) is 0 Å². The van der Waals surface area contributed by atoms with Crippen molar-refractivity contribution in [2.75, 3.05) is 14.1 Å². The molecule has 3 rings (SSSR count). The molecule has 0 bridgehead atoms. The Bertz CT molecular complexity index is 757. The number of hydrogen-bond donors (Lipinski definition) is 0. The van der Waals surface area contributed by atoms with Gasteiger partial charge in [0.25, 0.3) is 0 Å². The molecule has 4 nitrogen and oxygen atoms in total. The van der Waals surface area contributed by atoms with Gasteiger partial charge in [-0.2, -0.15) is 0 Å². The number of aliphatic imine (C=N–C) groups is 1. The van der Waals surface area contributed by atoms with E-state index in [9.17, 15) is 0 Å². The van der Waals surface area contributed by atoms with Crippen LogP contribution < -0.4 is 0 Å². The Morgan fingerprint density at radius 2 is 1.78 bits per heavy atom. The van der Waals surface area contributed by atoms with Crippen LogP contribution in [0.15, 0.2) is 70.5 Å². The van der Waals surface area contributed by atoms with Crippen LogP contribution in [0.1, 0.15) is 11.1 Å². The van der Waals surface area contributed by atoms with Gasteiger partial charge in [0.05, 0.1) is 11.9 Å². The Kier molecular flexibility index (Phi) is 4.64. The first kappa shape index (κ1) is 15.2. The average Bonchev–Trinajstić information content (AvgIpc) is 3.09. The molecule has 0 saturated heterocycles. The Hall–Kier alpha value is -2.72. The van der Waals surface area contributed by atoms with E-state index >= 15 is 0 Å². The van der Waals surface area contributed by atoms with E-state index in [2.05, 4.69) is 53.2 Å². The molecule has 3 aromatic rings. The van der Waals surface area contributed by atoms with Crippen LogP contribution in [0.5, 0.6) is 0 Å². The lowest BCUT2D eigenvalue weighted by molar-refractivity contribution is 0.402. The summed E-state index contributed by atoms with van der Waals surface area (Å²) in [5.74, 6) is 0.761. The highest BCUT2D eigenvalue weighted by Gasteiger charge is 2.00. The Morgan fingerprint density at radius 3 is 2.39 bits per heavy atom. The largest absolute Gasteiger partial charge is 0.444 e. The van der Waals surface area contributed by atoms with Crippen LogP contribution in [-0.2, 0) is 6.54 Å². The van der Waals surface area contributed by atoms with Gasteiger partial charge in [0.1, 0.15) is 0 Å². The minimum absolute atomic E-state index is 0.761. The number of benzene rings is 2. The fraction of sp³-hybridized carbons (Fsp3) is 0.158. The van der Waals surface area contributed by atoms with Crippen molar-refractivity contribution < 1.29 is 4.42 Å². The second-order valence-corrected chi connectivity index (χ2v) is 5.65. The molecular formula is C19H19N3O. The minimum Gasteiger partial charge on any atom is -0.444 e. The van der Waals surface area contributed by atoms with Gasteiger partial charge in [-0.15, -0.1) is 0 Å². The molecule has 0 saturated carbocycles. The number of hydrogen-bond acceptors (Lipinski definition) is 4. The summed E-state index contributed by atoms with van der Waals surface area (Å²) in [6, 6.07) is 16.3. The standard InChI is InChI=1S/C19H19N3O/c1-22(2)13-16-5-3-15(4-6-16)11-21-18-9-7-17(8-10-18)19-12-20-14-23-19/h3-12,14H,13H2,1-2H3. The Balaban J connectivity index is 1.67. The van der Waals surface area contributed by atoms with Crippen LogP contribution in [0.25, 0.3) is 11.3 Å². The van der Waals surface area contributed by atoms with Gasteiger partial charge in [-0.05, 0) is 49.5 Å². The zero-order chi connectivity index (χ0) is 16.1. The van der Waals surface area contributed by atoms with Crippen molar-refractivity contribution in [1.82, 2.24) is 9.88 Å². The van der Waals surface area contributed by atoms with Crippen LogP contribution in [0.2, 0.25) is 0 Å². The Morgan fingerprint density at radius 1 is 1.04 bits per heavy atom. The SMILES string of the molecule is CN(C)Cc1ccc(C=Nc2ccc(-c3cnco3)cc2)cc1. The van der Waals surface area contributed by atoms with E-state index in [1.807, 2.05) is 30.5 Å². The minimum atomic E-state index is 0.761. The fourth-order valence-electron chi connectivity index (χ4n) is 2.29. The monoisotopic (exact) mass is 305 g/mol. The zero-order valence-electron chi connectivity index (χ0n) is 13.3. The van der Waals surface area contributed by atoms with E-state index in [1.54, 1.807) is 6.20 Å². The van der Waals surface area contributed by atoms with Gasteiger partial charge < -0.3 is 9.32 Å². The summed E-state index contributed by atoms with van der Waals surface area (Å²) in [7, 11) is 4.13. The second-order valence-electron chi connectivity index (χ2n) is 5.65. The molecule has 0 N–H and O–H groups in total. The van der Waals surface area contributed by atoms with Gasteiger partial charge in [0, 0.05) is 18.3 Å². The molecule has 0 unspecified atom stereocenters. The normalized spacial score (nSPS) is 11.4. The number of nitrogens with zero attached hydrogens (tertiary/aromatic N) is 3. The summed E-state index contributed by atoms with van der Waals surface area (Å²) in [5, 5.41) is 0. The third-order valence-electron chi connectivity index (χ3n) is 3.43. The third kappa shape index (κ3) is 4.14. The van der Waals surface area contributed by atoms with Crippen LogP contribution >= 0.6 is 0 Å². The van der Waals surface area contributed by atoms with E-state index in [1.165, 1.54) is 12.0 Å². The van der Waals surface area contributed by atoms with Crippen molar-refractivity contribution in [3.8, 4) is 11.3 Å². The van der Waals surface area contributed by atoms with Gasteiger partial charge in [0.15, 0.2) is 12.2 Å². The molecule has 0 fully saturated rings. The van der Waals surface area contributed by atoms with Gasteiger partial charge in [-0.25, -0.2) is 4.98 Å². The molecule has 0 atom stereocenters. The topological polar surface area (TPSA) is 41.6 Å². The van der Waals surface area contributed by atoms with E-state index in [0.29, 0.717) is 0 Å². The van der Waals surface area contributed by atoms with Gasteiger partial charge in [-0.3, -0.25) is 4.99 Å². The van der Waals surface area contributed by atoms with E-state index in [0.717, 1.165) is 29.1 Å². The first-order valence-electron chi connectivity index (χ1n) is 7.47. The number of aromatic nitrogens is 1. The lowest BCUT2D eigenvalue weighted by Gasteiger charge is -2.09. The van der Waals surface area contributed by atoms with Crippen LogP contribution in [0.4, 0.5) is 5.69 Å². The molecule has 0 aliphatic rings. The maximum absolute atomic E-state index is 5.27. The third-order valence-corrected chi connectivity index (χ3v) is 3.43. The highest BCUT2D eigenvalue weighted by molar-refractivity contribution is 5.82. The van der Waals surface area contributed by atoms with Crippen molar-refractivity contribution in [2.45, 2.75) is 6.54 Å². The highest BCUT2D eigenvalue weighted by Crippen LogP contribution is 2.22. The maximum Gasteiger partial charge on any atom is 0.181 e. The molecule has 1 aromatic heterocycles. The van der Waals surface area contributed by atoms with Crippen molar-refractivity contribution in [3.63, 3.8) is 0 Å². The quantitative estimate of drug-likeness (QED) is 0.665. The van der Waals surface area contributed by atoms with Crippen molar-refractivity contribution >= 4 is 11.9 Å². The summed E-state index contributed by atoms with van der Waals surface area (Å²) in [6.45, 7) is 0.945. The van der Waals surface area contributed by atoms with Gasteiger partial charge in [-0.1, -0.05) is 24.3 Å². The van der Waals surface area contributed by atoms with Crippen LogP contribution in [0, 0.1) is 0 Å². The van der Waals surface area contributed by atoms with Crippen molar-refractivity contribution in [2.24, 2.45) is 4.99 Å². The summed E-state index contributed by atoms with van der Waals surface area (Å²) in [5.41, 5.74) is 4.29. The molecule has 0 spiro atoms. The lowest BCUT2D eigenvalue weighted by Crippen LogP contribution is -2.10. The molecule has 0 aliphatic carbocycles. The summed E-state index contributed by atoms with van der Waals surface area (Å²) in [4.78, 5) is 10.6. The first-order chi connectivity index (χ1) is 11.2. The lowest BCUT2D eigenvalue weighted by atomic mass is 10.1. The maximum atomic E-state index is 5.27. The number of rotatable bonds is 5. The van der Waals surface area contributed by atoms with E-state index < -0.39 is 0 Å². The summed E-state index contributed by atoms with van der Waals surface area (Å²) >= 11 is 0. The molecule has 0 radical (unpaired) electrons. The van der Waals surface area contributed by atoms with E-state index in [4.69, 9.17) is 4.42 Å². The molecule has 0 aliphatic heterocycles. The first-order valence-corrected chi connectivity index (χ1v) is 7.47. The summed E-state index contributed by atoms with van der Waals surface area (Å²) < 4.78 is 5.27.